The number of hydrogen-bond acceptors (Lipinski definition) is 4. The van der Waals surface area contributed by atoms with E-state index in [4.69, 9.17) is 10.00 Å². The predicted octanol–water partition coefficient (Wildman–Crippen LogP) is 5.67. The van der Waals surface area contributed by atoms with Crippen molar-refractivity contribution in [1.82, 2.24) is 4.90 Å². The van der Waals surface area contributed by atoms with E-state index in [0.29, 0.717) is 17.9 Å². The summed E-state index contributed by atoms with van der Waals surface area (Å²) < 4.78 is 5.88. The minimum atomic E-state index is -0.620. The topological polar surface area (TPSA) is 56.5 Å². The van der Waals surface area contributed by atoms with Gasteiger partial charge in [-0.2, -0.15) is 5.26 Å². The first-order valence-electron chi connectivity index (χ1n) is 11.4. The van der Waals surface area contributed by atoms with Gasteiger partial charge in [-0.3, -0.25) is 4.90 Å². The van der Waals surface area contributed by atoms with Crippen molar-refractivity contribution in [3.05, 3.63) is 126 Å². The summed E-state index contributed by atoms with van der Waals surface area (Å²) in [6, 6.07) is 38.0. The van der Waals surface area contributed by atoms with Crippen LogP contribution >= 0.6 is 0 Å². The van der Waals surface area contributed by atoms with Crippen LogP contribution in [0.25, 0.3) is 11.1 Å². The molecule has 0 aromatic heterocycles. The number of benzene rings is 4. The quantitative estimate of drug-likeness (QED) is 0.340. The lowest BCUT2D eigenvalue weighted by molar-refractivity contribution is 0.0628. The van der Waals surface area contributed by atoms with Crippen LogP contribution in [-0.4, -0.2) is 29.3 Å². The standard InChI is InChI=1S/C30H28N2O2/c31-19-24-11-13-27(14-12-24)28-15-17-30(18-16-28)34-23-29(33)22-32(20-25-7-3-1-4-8-25)21-26-9-5-2-6-10-26/h1-18,29,33H,20-23H2/t29-/m0/s1. The van der Waals surface area contributed by atoms with Crippen LogP contribution in [0, 0.1) is 11.3 Å². The minimum absolute atomic E-state index is 0.219. The molecule has 170 valence electrons. The van der Waals surface area contributed by atoms with Crippen LogP contribution in [0.2, 0.25) is 0 Å². The van der Waals surface area contributed by atoms with Crippen molar-refractivity contribution in [2.75, 3.05) is 13.2 Å². The zero-order valence-corrected chi connectivity index (χ0v) is 19.0. The highest BCUT2D eigenvalue weighted by atomic mass is 16.5. The van der Waals surface area contributed by atoms with Gasteiger partial charge < -0.3 is 9.84 Å². The van der Waals surface area contributed by atoms with E-state index in [0.717, 1.165) is 24.2 Å². The third-order valence-electron chi connectivity index (χ3n) is 5.61. The SMILES string of the molecule is N#Cc1ccc(-c2ccc(OC[C@@H](O)CN(Cc3ccccc3)Cc3ccccc3)cc2)cc1. The molecular weight excluding hydrogens is 420 g/mol. The molecule has 0 aliphatic carbocycles. The normalized spacial score (nSPS) is 11.7. The molecule has 0 saturated carbocycles. The number of hydrogen-bond donors (Lipinski definition) is 1. The summed E-state index contributed by atoms with van der Waals surface area (Å²) in [5, 5.41) is 19.7. The van der Waals surface area contributed by atoms with Crippen molar-refractivity contribution >= 4 is 0 Å². The average molecular weight is 449 g/mol. The van der Waals surface area contributed by atoms with Crippen LogP contribution in [-0.2, 0) is 13.1 Å². The smallest absolute Gasteiger partial charge is 0.119 e. The maximum Gasteiger partial charge on any atom is 0.119 e. The monoisotopic (exact) mass is 448 g/mol. The molecule has 0 bridgehead atoms. The van der Waals surface area contributed by atoms with Gasteiger partial charge in [-0.25, -0.2) is 0 Å². The Labute approximate surface area is 201 Å². The average Bonchev–Trinajstić information content (AvgIpc) is 2.89. The van der Waals surface area contributed by atoms with E-state index >= 15 is 0 Å². The summed E-state index contributed by atoms with van der Waals surface area (Å²) in [4.78, 5) is 2.24. The molecular formula is C30H28N2O2. The van der Waals surface area contributed by atoms with E-state index < -0.39 is 6.10 Å². The van der Waals surface area contributed by atoms with Crippen molar-refractivity contribution in [2.45, 2.75) is 19.2 Å². The van der Waals surface area contributed by atoms with Gasteiger partial charge in [-0.05, 0) is 46.5 Å². The molecule has 0 saturated heterocycles. The van der Waals surface area contributed by atoms with Gasteiger partial charge in [0.15, 0.2) is 0 Å². The first-order valence-corrected chi connectivity index (χ1v) is 11.4. The van der Waals surface area contributed by atoms with Gasteiger partial charge in [-0.1, -0.05) is 84.9 Å². The Balaban J connectivity index is 1.34. The van der Waals surface area contributed by atoms with E-state index in [1.807, 2.05) is 84.9 Å². The van der Waals surface area contributed by atoms with E-state index in [-0.39, 0.29) is 6.61 Å². The number of aliphatic hydroxyl groups is 1. The molecule has 0 spiro atoms. The zero-order chi connectivity index (χ0) is 23.6. The molecule has 0 aliphatic heterocycles. The number of aliphatic hydroxyl groups excluding tert-OH is 1. The molecule has 0 heterocycles. The van der Waals surface area contributed by atoms with Crippen LogP contribution in [0.15, 0.2) is 109 Å². The lowest BCUT2D eigenvalue weighted by atomic mass is 10.0. The van der Waals surface area contributed by atoms with E-state index in [2.05, 4.69) is 35.2 Å². The summed E-state index contributed by atoms with van der Waals surface area (Å²) in [5.74, 6) is 0.717. The summed E-state index contributed by atoms with van der Waals surface area (Å²) in [6.45, 7) is 2.24. The maximum absolute atomic E-state index is 10.7. The number of nitriles is 1. The zero-order valence-electron chi connectivity index (χ0n) is 19.0. The Morgan fingerprint density at radius 1 is 0.706 bits per heavy atom. The van der Waals surface area contributed by atoms with Crippen molar-refractivity contribution in [3.8, 4) is 22.9 Å². The molecule has 1 atom stereocenters. The maximum atomic E-state index is 10.7. The van der Waals surface area contributed by atoms with Gasteiger partial charge in [0.05, 0.1) is 11.6 Å². The Bertz CT molecular complexity index is 1140. The number of nitrogens with zero attached hydrogens (tertiary/aromatic N) is 2. The second-order valence-electron chi connectivity index (χ2n) is 8.32. The van der Waals surface area contributed by atoms with Crippen LogP contribution in [0.1, 0.15) is 16.7 Å². The Morgan fingerprint density at radius 2 is 1.21 bits per heavy atom. The fourth-order valence-corrected chi connectivity index (χ4v) is 3.89. The van der Waals surface area contributed by atoms with Crippen LogP contribution in [0.5, 0.6) is 5.75 Å². The molecule has 0 unspecified atom stereocenters. The molecule has 4 rings (SSSR count). The Hall–Kier alpha value is -3.91. The van der Waals surface area contributed by atoms with Crippen molar-refractivity contribution in [3.63, 3.8) is 0 Å². The third-order valence-corrected chi connectivity index (χ3v) is 5.61. The molecule has 4 aromatic carbocycles. The Kier molecular flexibility index (Phi) is 8.08. The predicted molar refractivity (Wildman–Crippen MR) is 135 cm³/mol. The molecule has 4 heteroatoms. The lowest BCUT2D eigenvalue weighted by Crippen LogP contribution is -2.35. The second-order valence-corrected chi connectivity index (χ2v) is 8.32. The van der Waals surface area contributed by atoms with Crippen LogP contribution in [0.4, 0.5) is 0 Å². The van der Waals surface area contributed by atoms with Gasteiger partial charge >= 0.3 is 0 Å². The first-order chi connectivity index (χ1) is 16.7. The molecule has 0 amide bonds. The lowest BCUT2D eigenvalue weighted by Gasteiger charge is -2.25. The summed E-state index contributed by atoms with van der Waals surface area (Å²) >= 11 is 0. The number of ether oxygens (including phenoxy) is 1. The van der Waals surface area contributed by atoms with Crippen molar-refractivity contribution < 1.29 is 9.84 Å². The fourth-order valence-electron chi connectivity index (χ4n) is 3.89. The molecule has 0 radical (unpaired) electrons. The van der Waals surface area contributed by atoms with E-state index in [9.17, 15) is 5.11 Å². The molecule has 34 heavy (non-hydrogen) atoms. The fraction of sp³-hybridized carbons (Fsp3) is 0.167. The summed E-state index contributed by atoms with van der Waals surface area (Å²) in [5.41, 5.74) is 5.17. The van der Waals surface area contributed by atoms with Gasteiger partial charge in [0.25, 0.3) is 0 Å². The van der Waals surface area contributed by atoms with Crippen LogP contribution in [0.3, 0.4) is 0 Å². The highest BCUT2D eigenvalue weighted by Crippen LogP contribution is 2.23. The molecule has 4 nitrogen and oxygen atoms in total. The highest BCUT2D eigenvalue weighted by molar-refractivity contribution is 5.64. The largest absolute Gasteiger partial charge is 0.491 e. The van der Waals surface area contributed by atoms with Gasteiger partial charge in [0, 0.05) is 19.6 Å². The van der Waals surface area contributed by atoms with E-state index in [1.165, 1.54) is 11.1 Å². The third kappa shape index (κ3) is 6.79. The van der Waals surface area contributed by atoms with E-state index in [1.54, 1.807) is 0 Å². The molecule has 0 aliphatic rings. The molecule has 4 aromatic rings. The first kappa shape index (κ1) is 23.3. The van der Waals surface area contributed by atoms with Crippen LogP contribution < -0.4 is 4.74 Å². The highest BCUT2D eigenvalue weighted by Gasteiger charge is 2.14. The van der Waals surface area contributed by atoms with Gasteiger partial charge in [-0.15, -0.1) is 0 Å². The van der Waals surface area contributed by atoms with Crippen molar-refractivity contribution in [1.29, 1.82) is 5.26 Å². The van der Waals surface area contributed by atoms with Crippen molar-refractivity contribution in [2.24, 2.45) is 0 Å². The Morgan fingerprint density at radius 3 is 1.71 bits per heavy atom. The summed E-state index contributed by atoms with van der Waals surface area (Å²) in [7, 11) is 0. The molecule has 1 N–H and O–H groups in total. The number of rotatable bonds is 10. The molecule has 0 fully saturated rings. The van der Waals surface area contributed by atoms with Gasteiger partial charge in [0.2, 0.25) is 0 Å². The minimum Gasteiger partial charge on any atom is -0.491 e. The summed E-state index contributed by atoms with van der Waals surface area (Å²) in [6.07, 6.45) is -0.620. The van der Waals surface area contributed by atoms with Gasteiger partial charge in [0.1, 0.15) is 18.5 Å². The second kappa shape index (κ2) is 11.8.